The number of rotatable bonds is 6. The lowest BCUT2D eigenvalue weighted by molar-refractivity contribution is 0.302. The third-order valence-corrected chi connectivity index (χ3v) is 2.70. The molecule has 2 rings (SSSR count). The summed E-state index contributed by atoms with van der Waals surface area (Å²) in [5, 5.41) is 7.29. The molecule has 1 N–H and O–H groups in total. The zero-order valence-corrected chi connectivity index (χ0v) is 11.1. The summed E-state index contributed by atoms with van der Waals surface area (Å²) in [5.41, 5.74) is 1.08. The molecular formula is C13H19N3O2. The van der Waals surface area contributed by atoms with Crippen molar-refractivity contribution >= 4 is 0 Å². The van der Waals surface area contributed by atoms with Gasteiger partial charge in [0.25, 0.3) is 0 Å². The maximum atomic E-state index is 5.65. The lowest BCUT2D eigenvalue weighted by atomic mass is 10.2. The van der Waals surface area contributed by atoms with E-state index in [4.69, 9.17) is 9.15 Å². The number of aryl methyl sites for hydroxylation is 2. The first-order valence-electron chi connectivity index (χ1n) is 6.09. The van der Waals surface area contributed by atoms with Gasteiger partial charge in [0.05, 0.1) is 18.9 Å². The van der Waals surface area contributed by atoms with Crippen LogP contribution in [0, 0.1) is 6.92 Å². The monoisotopic (exact) mass is 249 g/mol. The molecule has 0 radical (unpaired) electrons. The summed E-state index contributed by atoms with van der Waals surface area (Å²) < 4.78 is 13.0. The van der Waals surface area contributed by atoms with E-state index < -0.39 is 0 Å². The Labute approximate surface area is 107 Å². The Kier molecular flexibility index (Phi) is 4.04. The van der Waals surface area contributed by atoms with Crippen LogP contribution in [0.25, 0.3) is 0 Å². The Morgan fingerprint density at radius 1 is 1.50 bits per heavy atom. The van der Waals surface area contributed by atoms with E-state index in [2.05, 4.69) is 17.3 Å². The minimum atomic E-state index is 0.507. The third kappa shape index (κ3) is 3.13. The molecule has 0 bridgehead atoms. The van der Waals surface area contributed by atoms with Crippen molar-refractivity contribution in [3.05, 3.63) is 35.5 Å². The zero-order valence-electron chi connectivity index (χ0n) is 11.1. The molecule has 0 unspecified atom stereocenters. The average molecular weight is 249 g/mol. The predicted octanol–water partition coefficient (Wildman–Crippen LogP) is 2.01. The molecular weight excluding hydrogens is 230 g/mol. The average Bonchev–Trinajstić information content (AvgIpc) is 2.90. The van der Waals surface area contributed by atoms with Crippen molar-refractivity contribution in [2.75, 3.05) is 6.54 Å². The van der Waals surface area contributed by atoms with Crippen molar-refractivity contribution in [1.29, 1.82) is 0 Å². The molecule has 0 spiro atoms. The third-order valence-electron chi connectivity index (χ3n) is 2.70. The highest BCUT2D eigenvalue weighted by Gasteiger charge is 2.08. The summed E-state index contributed by atoms with van der Waals surface area (Å²) in [6, 6.07) is 2.04. The number of nitrogens with zero attached hydrogens (tertiary/aromatic N) is 2. The maximum Gasteiger partial charge on any atom is 0.157 e. The summed E-state index contributed by atoms with van der Waals surface area (Å²) in [6.45, 7) is 6.22. The Hall–Kier alpha value is -1.75. The van der Waals surface area contributed by atoms with Gasteiger partial charge in [-0.15, -0.1) is 0 Å². The highest BCUT2D eigenvalue weighted by atomic mass is 16.5. The van der Waals surface area contributed by atoms with Crippen LogP contribution in [0.5, 0.6) is 5.75 Å². The van der Waals surface area contributed by atoms with Crippen LogP contribution in [-0.4, -0.2) is 16.3 Å². The van der Waals surface area contributed by atoms with E-state index in [1.807, 2.05) is 26.2 Å². The van der Waals surface area contributed by atoms with E-state index in [9.17, 15) is 0 Å². The van der Waals surface area contributed by atoms with Gasteiger partial charge in [-0.3, -0.25) is 4.68 Å². The summed E-state index contributed by atoms with van der Waals surface area (Å²) in [5.74, 6) is 2.62. The SMILES string of the molecule is CCNCc1cc(COc2cnn(C)c2)c(C)o1. The molecule has 5 nitrogen and oxygen atoms in total. The first kappa shape index (κ1) is 12.7. The van der Waals surface area contributed by atoms with Gasteiger partial charge in [0.2, 0.25) is 0 Å². The Morgan fingerprint density at radius 3 is 3.00 bits per heavy atom. The minimum absolute atomic E-state index is 0.507. The lowest BCUT2D eigenvalue weighted by Crippen LogP contribution is -2.10. The van der Waals surface area contributed by atoms with E-state index in [1.54, 1.807) is 10.9 Å². The molecule has 18 heavy (non-hydrogen) atoms. The number of furan rings is 1. The van der Waals surface area contributed by atoms with Crippen molar-refractivity contribution in [2.45, 2.75) is 27.0 Å². The molecule has 0 amide bonds. The van der Waals surface area contributed by atoms with Crippen LogP contribution in [0.4, 0.5) is 0 Å². The van der Waals surface area contributed by atoms with Gasteiger partial charge >= 0.3 is 0 Å². The summed E-state index contributed by atoms with van der Waals surface area (Å²) in [4.78, 5) is 0. The van der Waals surface area contributed by atoms with Gasteiger partial charge in [-0.05, 0) is 19.5 Å². The fourth-order valence-electron chi connectivity index (χ4n) is 1.70. The Morgan fingerprint density at radius 2 is 2.33 bits per heavy atom. The first-order chi connectivity index (χ1) is 8.69. The molecule has 5 heteroatoms. The highest BCUT2D eigenvalue weighted by Crippen LogP contribution is 2.17. The van der Waals surface area contributed by atoms with Gasteiger partial charge in [0, 0.05) is 12.6 Å². The van der Waals surface area contributed by atoms with Gasteiger partial charge in [-0.2, -0.15) is 5.10 Å². The van der Waals surface area contributed by atoms with E-state index >= 15 is 0 Å². The van der Waals surface area contributed by atoms with E-state index in [-0.39, 0.29) is 0 Å². The second-order valence-corrected chi connectivity index (χ2v) is 4.21. The molecule has 2 aromatic heterocycles. The molecule has 0 fully saturated rings. The molecule has 2 aromatic rings. The fraction of sp³-hybridized carbons (Fsp3) is 0.462. The molecule has 0 aliphatic carbocycles. The van der Waals surface area contributed by atoms with Crippen LogP contribution < -0.4 is 10.1 Å². The van der Waals surface area contributed by atoms with Crippen LogP contribution in [0.1, 0.15) is 24.0 Å². The van der Waals surface area contributed by atoms with Crippen molar-refractivity contribution in [3.63, 3.8) is 0 Å². The molecule has 0 saturated carbocycles. The quantitative estimate of drug-likeness (QED) is 0.851. The van der Waals surface area contributed by atoms with Crippen LogP contribution >= 0.6 is 0 Å². The fourth-order valence-corrected chi connectivity index (χ4v) is 1.70. The van der Waals surface area contributed by atoms with Gasteiger partial charge in [-0.1, -0.05) is 6.92 Å². The van der Waals surface area contributed by atoms with Gasteiger partial charge in [-0.25, -0.2) is 0 Å². The number of hydrogen-bond donors (Lipinski definition) is 1. The van der Waals surface area contributed by atoms with E-state index in [0.29, 0.717) is 6.61 Å². The largest absolute Gasteiger partial charge is 0.485 e. The topological polar surface area (TPSA) is 52.2 Å². The molecule has 0 aliphatic rings. The first-order valence-corrected chi connectivity index (χ1v) is 6.09. The lowest BCUT2D eigenvalue weighted by Gasteiger charge is -2.00. The second-order valence-electron chi connectivity index (χ2n) is 4.21. The zero-order chi connectivity index (χ0) is 13.0. The normalized spacial score (nSPS) is 10.8. The summed E-state index contributed by atoms with van der Waals surface area (Å²) in [7, 11) is 1.87. The molecule has 0 saturated heterocycles. The number of nitrogens with one attached hydrogen (secondary N) is 1. The smallest absolute Gasteiger partial charge is 0.157 e. The molecule has 2 heterocycles. The Balaban J connectivity index is 1.94. The predicted molar refractivity (Wildman–Crippen MR) is 68.4 cm³/mol. The van der Waals surface area contributed by atoms with E-state index in [1.165, 1.54) is 0 Å². The molecule has 0 atom stereocenters. The van der Waals surface area contributed by atoms with Gasteiger partial charge in [0.15, 0.2) is 5.75 Å². The maximum absolute atomic E-state index is 5.65. The van der Waals surface area contributed by atoms with Crippen molar-refractivity contribution in [2.24, 2.45) is 7.05 Å². The minimum Gasteiger partial charge on any atom is -0.485 e. The number of aromatic nitrogens is 2. The summed E-state index contributed by atoms with van der Waals surface area (Å²) in [6.07, 6.45) is 3.55. The van der Waals surface area contributed by atoms with Crippen molar-refractivity contribution in [1.82, 2.24) is 15.1 Å². The highest BCUT2D eigenvalue weighted by molar-refractivity contribution is 5.21. The molecule has 98 valence electrons. The summed E-state index contributed by atoms with van der Waals surface area (Å²) >= 11 is 0. The molecule has 0 aromatic carbocycles. The number of hydrogen-bond acceptors (Lipinski definition) is 4. The van der Waals surface area contributed by atoms with Crippen LogP contribution in [0.15, 0.2) is 22.9 Å². The molecule has 0 aliphatic heterocycles. The standard InChI is InChI=1S/C13H19N3O2/c1-4-14-6-12-5-11(10(2)18-12)9-17-13-7-15-16(3)8-13/h5,7-8,14H,4,6,9H2,1-3H3. The van der Waals surface area contributed by atoms with Crippen molar-refractivity contribution in [3.8, 4) is 5.75 Å². The van der Waals surface area contributed by atoms with Gasteiger partial charge < -0.3 is 14.5 Å². The van der Waals surface area contributed by atoms with Gasteiger partial charge in [0.1, 0.15) is 18.1 Å². The van der Waals surface area contributed by atoms with Crippen LogP contribution in [0.3, 0.4) is 0 Å². The number of ether oxygens (including phenoxy) is 1. The van der Waals surface area contributed by atoms with Crippen LogP contribution in [-0.2, 0) is 20.2 Å². The van der Waals surface area contributed by atoms with Crippen molar-refractivity contribution < 1.29 is 9.15 Å². The van der Waals surface area contributed by atoms with Crippen LogP contribution in [0.2, 0.25) is 0 Å². The second kappa shape index (κ2) is 5.73. The van der Waals surface area contributed by atoms with E-state index in [0.717, 1.165) is 35.9 Å². The Bertz CT molecular complexity index is 502.